The summed E-state index contributed by atoms with van der Waals surface area (Å²) in [6.07, 6.45) is 1.77. The smallest absolute Gasteiger partial charge is 0.159 e. The lowest BCUT2D eigenvalue weighted by atomic mass is 10.1. The molecule has 0 atom stereocenters. The fourth-order valence-electron chi connectivity index (χ4n) is 0.932. The van der Waals surface area contributed by atoms with Crippen molar-refractivity contribution in [2.24, 2.45) is 0 Å². The van der Waals surface area contributed by atoms with Crippen LogP contribution in [0.4, 0.5) is 0 Å². The highest BCUT2D eigenvalue weighted by atomic mass is 16.1. The maximum Gasteiger partial charge on any atom is 0.159 e. The normalized spacial score (nSPS) is 8.75. The Kier molecular flexibility index (Phi) is 2.62. The van der Waals surface area contributed by atoms with E-state index in [1.165, 1.54) is 0 Å². The lowest BCUT2D eigenvalue weighted by molar-refractivity contribution is 0.101. The van der Waals surface area contributed by atoms with E-state index in [0.717, 1.165) is 11.1 Å². The third-order valence-electron chi connectivity index (χ3n) is 1.59. The van der Waals surface area contributed by atoms with Gasteiger partial charge < -0.3 is 0 Å². The number of rotatable bonds is 2. The zero-order chi connectivity index (χ0) is 8.97. The van der Waals surface area contributed by atoms with Crippen molar-refractivity contribution in [3.8, 4) is 0 Å². The van der Waals surface area contributed by atoms with E-state index < -0.39 is 0 Å². The molecule has 0 aliphatic carbocycles. The van der Waals surface area contributed by atoms with Crippen molar-refractivity contribution in [2.45, 2.75) is 6.92 Å². The van der Waals surface area contributed by atoms with Crippen molar-refractivity contribution < 1.29 is 4.79 Å². The van der Waals surface area contributed by atoms with Gasteiger partial charge in [0.1, 0.15) is 0 Å². The van der Waals surface area contributed by atoms with Gasteiger partial charge in [-0.3, -0.25) is 4.79 Å². The largest absolute Gasteiger partial charge is 0.295 e. The van der Waals surface area contributed by atoms with Crippen LogP contribution in [-0.4, -0.2) is 5.78 Å². The van der Waals surface area contributed by atoms with Crippen LogP contribution in [-0.2, 0) is 0 Å². The minimum Gasteiger partial charge on any atom is -0.295 e. The van der Waals surface area contributed by atoms with E-state index >= 15 is 0 Å². The maximum absolute atomic E-state index is 10.9. The van der Waals surface area contributed by atoms with Crippen LogP contribution < -0.4 is 0 Å². The third kappa shape index (κ3) is 1.94. The second-order valence-corrected chi connectivity index (χ2v) is 2.53. The molecule has 0 unspecified atom stereocenters. The van der Waals surface area contributed by atoms with Crippen molar-refractivity contribution >= 4 is 11.9 Å². The molecule has 0 saturated carbocycles. The first kappa shape index (κ1) is 8.51. The summed E-state index contributed by atoms with van der Waals surface area (Å²) in [5, 5.41) is 0. The monoisotopic (exact) mass is 158 g/mol. The molecule has 0 aliphatic heterocycles. The Bertz CT molecular complexity index is 306. The Morgan fingerprint density at radius 2 is 2.00 bits per heavy atom. The molecule has 1 rings (SSSR count). The van der Waals surface area contributed by atoms with Crippen molar-refractivity contribution in [3.05, 3.63) is 47.7 Å². The fraction of sp³-hybridized carbons (Fsp3) is 0.0909. The van der Waals surface area contributed by atoms with Crippen LogP contribution in [0.25, 0.3) is 6.08 Å². The number of hydrogen-bond donors (Lipinski definition) is 0. The molecule has 0 bridgehead atoms. The molecule has 1 aromatic carbocycles. The van der Waals surface area contributed by atoms with Gasteiger partial charge in [0, 0.05) is 5.56 Å². The summed E-state index contributed by atoms with van der Waals surface area (Å²) in [6.45, 7) is 5.02. The fourth-order valence-corrected chi connectivity index (χ4v) is 0.932. The molecule has 0 radical (unpaired) electrons. The number of hydrogen-bond acceptors (Lipinski definition) is 1. The maximum atomic E-state index is 10.9. The van der Waals surface area contributed by atoms with E-state index in [1.807, 2.05) is 12.1 Å². The highest BCUT2D eigenvalue weighted by Gasteiger charge is 1.96. The van der Waals surface area contributed by atoms with Crippen LogP contribution in [0.1, 0.15) is 22.8 Å². The first-order valence-electron chi connectivity index (χ1n) is 3.71. The van der Waals surface area contributed by atoms with Crippen molar-refractivity contribution in [2.75, 3.05) is 0 Å². The van der Waals surface area contributed by atoms with E-state index in [1.54, 1.807) is 25.1 Å². The highest BCUT2D eigenvalue weighted by Crippen LogP contribution is 2.05. The minimum absolute atomic E-state index is 0.0872. The molecule has 0 heterocycles. The number of carbonyl (C=O) groups excluding carboxylic acids is 1. The molecule has 0 aliphatic rings. The van der Waals surface area contributed by atoms with Gasteiger partial charge in [-0.25, -0.2) is 0 Å². The Morgan fingerprint density at radius 3 is 2.42 bits per heavy atom. The molecular weight excluding hydrogens is 148 g/mol. The number of ketones is 1. The summed E-state index contributed by atoms with van der Waals surface area (Å²) < 4.78 is 0. The van der Waals surface area contributed by atoms with E-state index in [9.17, 15) is 4.79 Å². The minimum atomic E-state index is 0.0872. The highest BCUT2D eigenvalue weighted by molar-refractivity contribution is 5.94. The van der Waals surface area contributed by atoms with Gasteiger partial charge >= 0.3 is 0 Å². The van der Waals surface area contributed by atoms with Gasteiger partial charge in [-0.2, -0.15) is 0 Å². The second kappa shape index (κ2) is 3.70. The Labute approximate surface area is 72.0 Å². The first-order chi connectivity index (χ1) is 5.74. The molecule has 1 heteroatoms. The Morgan fingerprint density at radius 1 is 1.42 bits per heavy atom. The number of benzene rings is 1. The van der Waals surface area contributed by atoms with Crippen molar-refractivity contribution in [3.63, 3.8) is 0 Å². The molecule has 60 valence electrons. The van der Waals surface area contributed by atoms with Gasteiger partial charge in [-0.15, -0.1) is 5.73 Å². The Hall–Kier alpha value is -1.59. The predicted molar refractivity (Wildman–Crippen MR) is 50.1 cm³/mol. The molecule has 0 N–H and O–H groups in total. The van der Waals surface area contributed by atoms with Gasteiger partial charge in [0.15, 0.2) is 5.78 Å². The molecule has 0 aromatic heterocycles. The standard InChI is InChI=1S/C11H10O/c1-3-4-10-5-7-11(8-6-10)9(2)12/h4-8H,1H2,2H3. The Balaban J connectivity index is 3.00. The number of Topliss-reactive ketones (excluding diaryl/α,β-unsaturated/α-hetero) is 1. The molecule has 0 saturated heterocycles. The van der Waals surface area contributed by atoms with Crippen LogP contribution in [0.5, 0.6) is 0 Å². The zero-order valence-electron chi connectivity index (χ0n) is 7.00. The zero-order valence-corrected chi connectivity index (χ0v) is 7.00. The number of carbonyl (C=O) groups is 1. The SMILES string of the molecule is C=C=Cc1ccc(C(C)=O)cc1. The molecule has 0 amide bonds. The van der Waals surface area contributed by atoms with E-state index in [4.69, 9.17) is 0 Å². The van der Waals surface area contributed by atoms with Crippen molar-refractivity contribution in [1.29, 1.82) is 0 Å². The average molecular weight is 158 g/mol. The molecular formula is C11H10O. The molecule has 12 heavy (non-hydrogen) atoms. The molecule has 1 aromatic rings. The first-order valence-corrected chi connectivity index (χ1v) is 3.71. The molecule has 1 nitrogen and oxygen atoms in total. The quantitative estimate of drug-likeness (QED) is 0.477. The molecule has 0 fully saturated rings. The van der Waals surface area contributed by atoms with Gasteiger partial charge in [-0.1, -0.05) is 30.8 Å². The predicted octanol–water partition coefficient (Wildman–Crippen LogP) is 2.69. The van der Waals surface area contributed by atoms with Gasteiger partial charge in [-0.05, 0) is 18.6 Å². The van der Waals surface area contributed by atoms with Crippen LogP contribution in [0, 0.1) is 0 Å². The van der Waals surface area contributed by atoms with Crippen LogP contribution in [0.3, 0.4) is 0 Å². The summed E-state index contributed by atoms with van der Waals surface area (Å²) in [5.74, 6) is 0.0872. The van der Waals surface area contributed by atoms with Gasteiger partial charge in [0.25, 0.3) is 0 Å². The summed E-state index contributed by atoms with van der Waals surface area (Å²) in [6, 6.07) is 7.33. The van der Waals surface area contributed by atoms with Crippen LogP contribution >= 0.6 is 0 Å². The van der Waals surface area contributed by atoms with E-state index in [-0.39, 0.29) is 5.78 Å². The van der Waals surface area contributed by atoms with Crippen LogP contribution in [0.2, 0.25) is 0 Å². The molecule has 0 spiro atoms. The topological polar surface area (TPSA) is 17.1 Å². The van der Waals surface area contributed by atoms with Gasteiger partial charge in [0.2, 0.25) is 0 Å². The summed E-state index contributed by atoms with van der Waals surface area (Å²) in [7, 11) is 0. The summed E-state index contributed by atoms with van der Waals surface area (Å²) >= 11 is 0. The van der Waals surface area contributed by atoms with Crippen LogP contribution in [0.15, 0.2) is 36.6 Å². The van der Waals surface area contributed by atoms with Crippen molar-refractivity contribution in [1.82, 2.24) is 0 Å². The summed E-state index contributed by atoms with van der Waals surface area (Å²) in [5.41, 5.74) is 4.41. The third-order valence-corrected chi connectivity index (χ3v) is 1.59. The lowest BCUT2D eigenvalue weighted by Gasteiger charge is -1.94. The second-order valence-electron chi connectivity index (χ2n) is 2.53. The van der Waals surface area contributed by atoms with Gasteiger partial charge in [0.05, 0.1) is 0 Å². The lowest BCUT2D eigenvalue weighted by Crippen LogP contribution is -1.90. The average Bonchev–Trinajstić information content (AvgIpc) is 2.06. The van der Waals surface area contributed by atoms with E-state index in [2.05, 4.69) is 12.3 Å². The van der Waals surface area contributed by atoms with E-state index in [0.29, 0.717) is 0 Å². The summed E-state index contributed by atoms with van der Waals surface area (Å²) in [4.78, 5) is 10.9.